The van der Waals surface area contributed by atoms with E-state index in [0.29, 0.717) is 10.2 Å². The van der Waals surface area contributed by atoms with Gasteiger partial charge in [-0.1, -0.05) is 30.3 Å². The van der Waals surface area contributed by atoms with Crippen LogP contribution in [0.3, 0.4) is 0 Å². The summed E-state index contributed by atoms with van der Waals surface area (Å²) in [4.78, 5) is 29.8. The molecule has 2 rings (SSSR count). The lowest BCUT2D eigenvalue weighted by Crippen LogP contribution is -2.20. The van der Waals surface area contributed by atoms with Crippen molar-refractivity contribution in [3.05, 3.63) is 45.2 Å². The molecule has 1 heterocycles. The van der Waals surface area contributed by atoms with Crippen molar-refractivity contribution in [3.8, 4) is 11.3 Å². The Bertz CT molecular complexity index is 670. The van der Waals surface area contributed by atoms with E-state index in [2.05, 4.69) is 31.2 Å². The van der Waals surface area contributed by atoms with Crippen LogP contribution in [0.4, 0.5) is 10.7 Å². The number of halogens is 1. The van der Waals surface area contributed by atoms with Crippen LogP contribution in [0.2, 0.25) is 0 Å². The molecule has 0 saturated carbocycles. The van der Waals surface area contributed by atoms with Crippen molar-refractivity contribution in [1.29, 1.82) is 0 Å². The van der Waals surface area contributed by atoms with E-state index in [1.165, 1.54) is 0 Å². The maximum Gasteiger partial charge on any atom is 0.413 e. The number of aromatic nitrogens is 2. The molecule has 6 nitrogen and oxygen atoms in total. The largest absolute Gasteiger partial charge is 0.450 e. The first-order chi connectivity index (χ1) is 9.61. The molecule has 104 valence electrons. The fourth-order valence-corrected chi connectivity index (χ4v) is 1.99. The van der Waals surface area contributed by atoms with E-state index in [4.69, 9.17) is 4.74 Å². The van der Waals surface area contributed by atoms with Gasteiger partial charge in [0.25, 0.3) is 5.56 Å². The van der Waals surface area contributed by atoms with Gasteiger partial charge >= 0.3 is 6.09 Å². The zero-order valence-electron chi connectivity index (χ0n) is 10.6. The van der Waals surface area contributed by atoms with Gasteiger partial charge in [-0.05, 0) is 22.9 Å². The molecular weight excluding hydrogens is 326 g/mol. The van der Waals surface area contributed by atoms with E-state index in [1.54, 1.807) is 6.92 Å². The van der Waals surface area contributed by atoms with E-state index >= 15 is 0 Å². The predicted molar refractivity (Wildman–Crippen MR) is 78.6 cm³/mol. The molecule has 1 aromatic heterocycles. The Kier molecular flexibility index (Phi) is 4.52. The van der Waals surface area contributed by atoms with Crippen molar-refractivity contribution in [1.82, 2.24) is 9.97 Å². The number of benzene rings is 1. The quantitative estimate of drug-likeness (QED) is 0.901. The summed E-state index contributed by atoms with van der Waals surface area (Å²) in [5.74, 6) is 0.0375. The van der Waals surface area contributed by atoms with Crippen LogP contribution in [0, 0.1) is 0 Å². The zero-order valence-corrected chi connectivity index (χ0v) is 12.2. The van der Waals surface area contributed by atoms with Gasteiger partial charge in [-0.2, -0.15) is 0 Å². The zero-order chi connectivity index (χ0) is 14.5. The number of carbonyl (C=O) groups excluding carboxylic acids is 1. The molecule has 0 atom stereocenters. The summed E-state index contributed by atoms with van der Waals surface area (Å²) in [5.41, 5.74) is 0.823. The number of nitrogens with zero attached hydrogens (tertiary/aromatic N) is 1. The highest BCUT2D eigenvalue weighted by Crippen LogP contribution is 2.23. The van der Waals surface area contributed by atoms with Crippen LogP contribution < -0.4 is 10.9 Å². The molecule has 7 heteroatoms. The van der Waals surface area contributed by atoms with Crippen LogP contribution in [0.1, 0.15) is 6.92 Å². The molecule has 0 unspecified atom stereocenters. The smallest absolute Gasteiger partial charge is 0.413 e. The number of rotatable bonds is 3. The summed E-state index contributed by atoms with van der Waals surface area (Å²) in [5, 5.41) is 2.37. The first kappa shape index (κ1) is 14.3. The lowest BCUT2D eigenvalue weighted by Gasteiger charge is -2.08. The summed E-state index contributed by atoms with van der Waals surface area (Å²) in [6.45, 7) is 1.92. The van der Waals surface area contributed by atoms with Crippen molar-refractivity contribution >= 4 is 28.0 Å². The molecule has 0 saturated heterocycles. The SMILES string of the molecule is CCOC(=O)Nc1nc(-c2ccccc2)c(Br)c(=O)[nH]1. The topological polar surface area (TPSA) is 84.1 Å². The first-order valence-corrected chi connectivity index (χ1v) is 6.70. The van der Waals surface area contributed by atoms with Crippen molar-refractivity contribution in [3.63, 3.8) is 0 Å². The molecule has 0 aliphatic carbocycles. The normalized spacial score (nSPS) is 10.1. The average molecular weight is 338 g/mol. The fraction of sp³-hybridized carbons (Fsp3) is 0.154. The molecule has 0 aliphatic heterocycles. The maximum absolute atomic E-state index is 11.8. The Balaban J connectivity index is 2.40. The summed E-state index contributed by atoms with van der Waals surface area (Å²) in [7, 11) is 0. The van der Waals surface area contributed by atoms with Crippen LogP contribution in [0.25, 0.3) is 11.3 Å². The number of H-pyrrole nitrogens is 1. The molecule has 0 fully saturated rings. The van der Waals surface area contributed by atoms with Gasteiger partial charge in [0.2, 0.25) is 5.95 Å². The third kappa shape index (κ3) is 3.24. The highest BCUT2D eigenvalue weighted by Gasteiger charge is 2.12. The number of hydrogen-bond donors (Lipinski definition) is 2. The lowest BCUT2D eigenvalue weighted by atomic mass is 10.1. The molecule has 1 aromatic carbocycles. The van der Waals surface area contributed by atoms with Crippen molar-refractivity contribution in [2.75, 3.05) is 11.9 Å². The lowest BCUT2D eigenvalue weighted by molar-refractivity contribution is 0.167. The number of carbonyl (C=O) groups is 1. The van der Waals surface area contributed by atoms with Crippen molar-refractivity contribution < 1.29 is 9.53 Å². The molecular formula is C13H12BrN3O3. The van der Waals surface area contributed by atoms with Gasteiger partial charge in [0.15, 0.2) is 0 Å². The minimum Gasteiger partial charge on any atom is -0.450 e. The van der Waals surface area contributed by atoms with Gasteiger partial charge in [-0.3, -0.25) is 15.1 Å². The number of amides is 1. The van der Waals surface area contributed by atoms with Crippen LogP contribution in [-0.2, 0) is 4.74 Å². The molecule has 0 radical (unpaired) electrons. The van der Waals surface area contributed by atoms with Crippen LogP contribution in [0.15, 0.2) is 39.6 Å². The van der Waals surface area contributed by atoms with Crippen molar-refractivity contribution in [2.45, 2.75) is 6.92 Å². The van der Waals surface area contributed by atoms with E-state index in [1.807, 2.05) is 30.3 Å². The van der Waals surface area contributed by atoms with Gasteiger partial charge in [0.1, 0.15) is 4.47 Å². The highest BCUT2D eigenvalue weighted by molar-refractivity contribution is 9.10. The van der Waals surface area contributed by atoms with E-state index in [0.717, 1.165) is 5.56 Å². The highest BCUT2D eigenvalue weighted by atomic mass is 79.9. The molecule has 0 bridgehead atoms. The van der Waals surface area contributed by atoms with E-state index in [-0.39, 0.29) is 18.1 Å². The summed E-state index contributed by atoms with van der Waals surface area (Å²) in [6.07, 6.45) is -0.669. The van der Waals surface area contributed by atoms with E-state index < -0.39 is 6.09 Å². The molecule has 2 aromatic rings. The molecule has 1 amide bonds. The minimum absolute atomic E-state index is 0.0375. The second-order valence-corrected chi connectivity index (χ2v) is 4.58. The number of ether oxygens (including phenoxy) is 1. The third-order valence-electron chi connectivity index (χ3n) is 2.41. The predicted octanol–water partition coefficient (Wildman–Crippen LogP) is 2.77. The fourth-order valence-electron chi connectivity index (χ4n) is 1.57. The van der Waals surface area contributed by atoms with E-state index in [9.17, 15) is 9.59 Å². The monoisotopic (exact) mass is 337 g/mol. The minimum atomic E-state index is -0.669. The number of anilines is 1. The van der Waals surface area contributed by atoms with Crippen LogP contribution in [-0.4, -0.2) is 22.7 Å². The second-order valence-electron chi connectivity index (χ2n) is 3.79. The van der Waals surface area contributed by atoms with Gasteiger partial charge < -0.3 is 4.74 Å². The van der Waals surface area contributed by atoms with Crippen molar-refractivity contribution in [2.24, 2.45) is 0 Å². The number of aromatic amines is 1. The Morgan fingerprint density at radius 1 is 1.40 bits per heavy atom. The number of hydrogen-bond acceptors (Lipinski definition) is 4. The standard InChI is InChI=1S/C13H12BrN3O3/c1-2-20-13(19)17-12-15-10(9(14)11(18)16-12)8-6-4-3-5-7-8/h3-7H,2H2,1H3,(H2,15,16,17,18,19). The molecule has 0 spiro atoms. The Labute approximate surface area is 123 Å². The summed E-state index contributed by atoms with van der Waals surface area (Å²) in [6, 6.07) is 9.18. The van der Waals surface area contributed by atoms with Gasteiger partial charge in [0.05, 0.1) is 12.3 Å². The Morgan fingerprint density at radius 3 is 2.75 bits per heavy atom. The average Bonchev–Trinajstić information content (AvgIpc) is 2.44. The van der Waals surface area contributed by atoms with Gasteiger partial charge in [-0.25, -0.2) is 9.78 Å². The van der Waals surface area contributed by atoms with Gasteiger partial charge in [0, 0.05) is 5.56 Å². The first-order valence-electron chi connectivity index (χ1n) is 5.91. The van der Waals surface area contributed by atoms with Crippen LogP contribution in [0.5, 0.6) is 0 Å². The number of nitrogens with one attached hydrogen (secondary N) is 2. The van der Waals surface area contributed by atoms with Gasteiger partial charge in [-0.15, -0.1) is 0 Å². The molecule has 20 heavy (non-hydrogen) atoms. The maximum atomic E-state index is 11.8. The molecule has 0 aliphatic rings. The Morgan fingerprint density at radius 2 is 2.10 bits per heavy atom. The molecule has 2 N–H and O–H groups in total. The Hall–Kier alpha value is -2.15. The summed E-state index contributed by atoms with van der Waals surface area (Å²) < 4.78 is 5.04. The second kappa shape index (κ2) is 6.33. The summed E-state index contributed by atoms with van der Waals surface area (Å²) >= 11 is 3.20. The van der Waals surface area contributed by atoms with Crippen LogP contribution >= 0.6 is 15.9 Å². The third-order valence-corrected chi connectivity index (χ3v) is 3.14.